The molecule has 1 aliphatic carbocycles. The second-order valence-electron chi connectivity index (χ2n) is 3.00. The van der Waals surface area contributed by atoms with Crippen LogP contribution in [0, 0.1) is 0 Å². The summed E-state index contributed by atoms with van der Waals surface area (Å²) in [6.07, 6.45) is 6.65. The normalized spacial score (nSPS) is 14.1. The van der Waals surface area contributed by atoms with E-state index >= 15 is 0 Å². The Balaban J connectivity index is 2.44. The van der Waals surface area contributed by atoms with Gasteiger partial charge in [-0.25, -0.2) is 0 Å². The highest BCUT2D eigenvalue weighted by molar-refractivity contribution is 5.62. The molecule has 2 heteroatoms. The van der Waals surface area contributed by atoms with Crippen molar-refractivity contribution in [2.75, 3.05) is 5.43 Å². The number of hydrogen-bond donors (Lipinski definition) is 2. The van der Waals surface area contributed by atoms with Gasteiger partial charge in [-0.1, -0.05) is 18.2 Å². The highest BCUT2D eigenvalue weighted by atomic mass is 15.2. The van der Waals surface area contributed by atoms with Gasteiger partial charge in [0.2, 0.25) is 0 Å². The van der Waals surface area contributed by atoms with E-state index in [2.05, 4.69) is 29.7 Å². The van der Waals surface area contributed by atoms with Gasteiger partial charge in [0.05, 0.1) is 0 Å². The molecule has 0 bridgehead atoms. The molecular weight excluding hydrogens is 148 g/mol. The first-order valence-corrected chi connectivity index (χ1v) is 4.16. The third kappa shape index (κ3) is 1.21. The summed E-state index contributed by atoms with van der Waals surface area (Å²) in [6, 6.07) is 6.22. The van der Waals surface area contributed by atoms with Crippen molar-refractivity contribution in [3.05, 3.63) is 35.4 Å². The molecule has 0 radical (unpaired) electrons. The van der Waals surface area contributed by atoms with Crippen LogP contribution in [0.5, 0.6) is 0 Å². The summed E-state index contributed by atoms with van der Waals surface area (Å²) < 4.78 is 0. The van der Waals surface area contributed by atoms with Crippen molar-refractivity contribution in [2.45, 2.75) is 12.8 Å². The molecule has 0 saturated heterocycles. The van der Waals surface area contributed by atoms with Crippen molar-refractivity contribution in [2.24, 2.45) is 5.84 Å². The Morgan fingerprint density at radius 3 is 3.08 bits per heavy atom. The van der Waals surface area contributed by atoms with Gasteiger partial charge in [0.1, 0.15) is 0 Å². The van der Waals surface area contributed by atoms with Crippen LogP contribution in [0.25, 0.3) is 6.08 Å². The summed E-state index contributed by atoms with van der Waals surface area (Å²) in [4.78, 5) is 0. The summed E-state index contributed by atoms with van der Waals surface area (Å²) in [5.74, 6) is 5.31. The molecule has 1 aliphatic rings. The highest BCUT2D eigenvalue weighted by Crippen LogP contribution is 2.21. The van der Waals surface area contributed by atoms with Crippen LogP contribution >= 0.6 is 0 Å². The standard InChI is InChI=1S/C10H12N2/c11-12-10-6-5-8-3-1-2-4-9(8)7-10/h2,4-7,12H,1,3,11H2. The first-order chi connectivity index (χ1) is 5.90. The topological polar surface area (TPSA) is 38.0 Å². The van der Waals surface area contributed by atoms with Gasteiger partial charge in [0, 0.05) is 5.69 Å². The van der Waals surface area contributed by atoms with E-state index in [9.17, 15) is 0 Å². The van der Waals surface area contributed by atoms with E-state index in [4.69, 9.17) is 5.84 Å². The zero-order valence-electron chi connectivity index (χ0n) is 6.88. The lowest BCUT2D eigenvalue weighted by atomic mass is 9.97. The first kappa shape index (κ1) is 7.37. The van der Waals surface area contributed by atoms with Crippen LogP contribution in [-0.2, 0) is 6.42 Å². The number of rotatable bonds is 1. The quantitative estimate of drug-likeness (QED) is 0.486. The van der Waals surface area contributed by atoms with Crippen molar-refractivity contribution in [3.63, 3.8) is 0 Å². The molecule has 3 N–H and O–H groups in total. The molecular formula is C10H12N2. The monoisotopic (exact) mass is 160 g/mol. The summed E-state index contributed by atoms with van der Waals surface area (Å²) in [6.45, 7) is 0. The highest BCUT2D eigenvalue weighted by Gasteiger charge is 2.03. The van der Waals surface area contributed by atoms with E-state index in [1.54, 1.807) is 0 Å². The fourth-order valence-electron chi connectivity index (χ4n) is 1.52. The van der Waals surface area contributed by atoms with E-state index in [1.165, 1.54) is 11.1 Å². The first-order valence-electron chi connectivity index (χ1n) is 4.16. The molecule has 0 aromatic heterocycles. The van der Waals surface area contributed by atoms with Crippen molar-refractivity contribution < 1.29 is 0 Å². The summed E-state index contributed by atoms with van der Waals surface area (Å²) >= 11 is 0. The Kier molecular flexibility index (Phi) is 1.84. The molecule has 62 valence electrons. The van der Waals surface area contributed by atoms with Crippen molar-refractivity contribution >= 4 is 11.8 Å². The third-order valence-corrected chi connectivity index (χ3v) is 2.19. The van der Waals surface area contributed by atoms with E-state index in [-0.39, 0.29) is 0 Å². The van der Waals surface area contributed by atoms with E-state index in [1.807, 2.05) is 6.07 Å². The van der Waals surface area contributed by atoms with Gasteiger partial charge in [-0.3, -0.25) is 5.84 Å². The molecule has 12 heavy (non-hydrogen) atoms. The van der Waals surface area contributed by atoms with Crippen LogP contribution in [0.2, 0.25) is 0 Å². The van der Waals surface area contributed by atoms with Gasteiger partial charge in [0.15, 0.2) is 0 Å². The van der Waals surface area contributed by atoms with Gasteiger partial charge in [-0.05, 0) is 36.1 Å². The second kappa shape index (κ2) is 2.99. The van der Waals surface area contributed by atoms with Crippen LogP contribution in [0.15, 0.2) is 24.3 Å². The predicted molar refractivity (Wildman–Crippen MR) is 51.6 cm³/mol. The minimum Gasteiger partial charge on any atom is -0.324 e. The predicted octanol–water partition coefficient (Wildman–Crippen LogP) is 1.93. The summed E-state index contributed by atoms with van der Waals surface area (Å²) in [5.41, 5.74) is 6.32. The number of nitrogen functional groups attached to an aromatic ring is 1. The van der Waals surface area contributed by atoms with Gasteiger partial charge in [-0.2, -0.15) is 0 Å². The van der Waals surface area contributed by atoms with Crippen molar-refractivity contribution in [1.82, 2.24) is 0 Å². The molecule has 0 spiro atoms. The smallest absolute Gasteiger partial charge is 0.0491 e. The Bertz CT molecular complexity index is 316. The van der Waals surface area contributed by atoms with Crippen LogP contribution in [0.4, 0.5) is 5.69 Å². The van der Waals surface area contributed by atoms with Gasteiger partial charge < -0.3 is 5.43 Å². The van der Waals surface area contributed by atoms with E-state index < -0.39 is 0 Å². The zero-order valence-corrected chi connectivity index (χ0v) is 6.88. The summed E-state index contributed by atoms with van der Waals surface area (Å²) in [7, 11) is 0. The van der Waals surface area contributed by atoms with Gasteiger partial charge in [0.25, 0.3) is 0 Å². The number of hydrazine groups is 1. The fourth-order valence-corrected chi connectivity index (χ4v) is 1.52. The number of anilines is 1. The maximum atomic E-state index is 5.31. The molecule has 2 nitrogen and oxygen atoms in total. The molecule has 0 atom stereocenters. The van der Waals surface area contributed by atoms with Gasteiger partial charge in [-0.15, -0.1) is 0 Å². The molecule has 0 aliphatic heterocycles. The molecule has 1 aromatic carbocycles. The number of nitrogens with one attached hydrogen (secondary N) is 1. The van der Waals surface area contributed by atoms with E-state index in [0.29, 0.717) is 0 Å². The lowest BCUT2D eigenvalue weighted by molar-refractivity contribution is 0.985. The molecule has 2 rings (SSSR count). The van der Waals surface area contributed by atoms with Crippen molar-refractivity contribution in [3.8, 4) is 0 Å². The van der Waals surface area contributed by atoms with Crippen LogP contribution in [0.3, 0.4) is 0 Å². The lowest BCUT2D eigenvalue weighted by Crippen LogP contribution is -2.07. The van der Waals surface area contributed by atoms with Crippen LogP contribution in [-0.4, -0.2) is 0 Å². The average Bonchev–Trinajstić information content (AvgIpc) is 2.17. The number of aryl methyl sites for hydroxylation is 1. The lowest BCUT2D eigenvalue weighted by Gasteiger charge is -2.11. The largest absolute Gasteiger partial charge is 0.324 e. The maximum Gasteiger partial charge on any atom is 0.0491 e. The Morgan fingerprint density at radius 1 is 1.33 bits per heavy atom. The summed E-state index contributed by atoms with van der Waals surface area (Å²) in [5, 5.41) is 0. The average molecular weight is 160 g/mol. The number of allylic oxidation sites excluding steroid dienone is 1. The maximum absolute atomic E-state index is 5.31. The number of hydrogen-bond acceptors (Lipinski definition) is 2. The second-order valence-corrected chi connectivity index (χ2v) is 3.00. The molecule has 1 aromatic rings. The SMILES string of the molecule is NNc1ccc2c(c1)C=CCC2. The zero-order chi connectivity index (χ0) is 8.39. The third-order valence-electron chi connectivity index (χ3n) is 2.19. The van der Waals surface area contributed by atoms with Crippen LogP contribution in [0.1, 0.15) is 17.5 Å². The fraction of sp³-hybridized carbons (Fsp3) is 0.200. The Morgan fingerprint density at radius 2 is 2.25 bits per heavy atom. The van der Waals surface area contributed by atoms with Gasteiger partial charge >= 0.3 is 0 Å². The van der Waals surface area contributed by atoms with Crippen LogP contribution < -0.4 is 11.3 Å². The Hall–Kier alpha value is -1.28. The number of fused-ring (bicyclic) bond motifs is 1. The minimum absolute atomic E-state index is 0.973. The Labute approximate surface area is 72.1 Å². The molecule has 0 saturated carbocycles. The minimum atomic E-state index is 0.973. The molecule has 0 amide bonds. The molecule has 0 heterocycles. The van der Waals surface area contributed by atoms with E-state index in [0.717, 1.165) is 18.5 Å². The molecule has 0 fully saturated rings. The molecule has 0 unspecified atom stereocenters. The van der Waals surface area contributed by atoms with Crippen molar-refractivity contribution in [1.29, 1.82) is 0 Å². The number of nitrogens with two attached hydrogens (primary N) is 1. The number of benzene rings is 1.